The van der Waals surface area contributed by atoms with E-state index < -0.39 is 5.97 Å². The van der Waals surface area contributed by atoms with Gasteiger partial charge >= 0.3 is 5.97 Å². The molecule has 3 heterocycles. The Morgan fingerprint density at radius 2 is 1.62 bits per heavy atom. The lowest BCUT2D eigenvalue weighted by atomic mass is 9.81. The summed E-state index contributed by atoms with van der Waals surface area (Å²) in [5, 5.41) is 9.59. The standard InChI is InChI=1S/C32H32N4O4/c1-2-3-12-27-33-26-17-18-28(36-30(37)23-9-5-6-10-24(23)31(36)38)34-29(26)35(27)19-20-13-15-21(16-14-20)22-8-4-7-11-25(22)32(39)40/h4,7-8,11,13-18,23-24H,2-3,5-6,9-10,12,19H2,1H3,(H,39,40)/t23-,24+. The molecular formula is C32H32N4O4. The van der Waals surface area contributed by atoms with Crippen molar-refractivity contribution in [2.75, 3.05) is 4.90 Å². The minimum Gasteiger partial charge on any atom is -0.478 e. The lowest BCUT2D eigenvalue weighted by Gasteiger charge is -2.19. The van der Waals surface area contributed by atoms with Gasteiger partial charge in [-0.15, -0.1) is 0 Å². The first kappa shape index (κ1) is 25.9. The third kappa shape index (κ3) is 4.57. The molecule has 2 atom stereocenters. The van der Waals surface area contributed by atoms with Gasteiger partial charge in [0.05, 0.1) is 23.9 Å². The van der Waals surface area contributed by atoms with E-state index in [2.05, 4.69) is 11.5 Å². The Labute approximate surface area is 232 Å². The van der Waals surface area contributed by atoms with E-state index in [1.165, 1.54) is 4.90 Å². The van der Waals surface area contributed by atoms with Crippen molar-refractivity contribution in [2.45, 2.75) is 58.4 Å². The van der Waals surface area contributed by atoms with Crippen LogP contribution >= 0.6 is 0 Å². The molecular weight excluding hydrogens is 504 g/mol. The van der Waals surface area contributed by atoms with Crippen LogP contribution < -0.4 is 4.90 Å². The fourth-order valence-corrected chi connectivity index (χ4v) is 6.14. The van der Waals surface area contributed by atoms with Gasteiger partial charge in [0.1, 0.15) is 17.2 Å². The van der Waals surface area contributed by atoms with Crippen molar-refractivity contribution in [2.24, 2.45) is 11.8 Å². The molecule has 8 heteroatoms. The van der Waals surface area contributed by atoms with E-state index in [9.17, 15) is 19.5 Å². The van der Waals surface area contributed by atoms with Gasteiger partial charge in [-0.25, -0.2) is 19.7 Å². The number of aromatic carboxylic acids is 1. The monoisotopic (exact) mass is 536 g/mol. The zero-order valence-corrected chi connectivity index (χ0v) is 22.5. The van der Waals surface area contributed by atoms with Crippen LogP contribution in [-0.2, 0) is 22.6 Å². The van der Waals surface area contributed by atoms with Gasteiger partial charge in [0.2, 0.25) is 11.8 Å². The number of carboxylic acids is 1. The number of imidazole rings is 1. The van der Waals surface area contributed by atoms with E-state index in [1.807, 2.05) is 42.5 Å². The number of nitrogens with zero attached hydrogens (tertiary/aromatic N) is 4. The van der Waals surface area contributed by atoms with E-state index in [0.29, 0.717) is 23.6 Å². The Morgan fingerprint density at radius 1 is 0.925 bits per heavy atom. The summed E-state index contributed by atoms with van der Waals surface area (Å²) >= 11 is 0. The number of imide groups is 1. The predicted octanol–water partition coefficient (Wildman–Crippen LogP) is 5.87. The van der Waals surface area contributed by atoms with E-state index >= 15 is 0 Å². The number of carboxylic acid groups (broad SMARTS) is 1. The second kappa shape index (κ2) is 10.7. The lowest BCUT2D eigenvalue weighted by Crippen LogP contribution is -2.31. The number of hydrogen-bond acceptors (Lipinski definition) is 5. The summed E-state index contributed by atoms with van der Waals surface area (Å²) in [6.07, 6.45) is 6.29. The largest absolute Gasteiger partial charge is 0.478 e. The molecule has 204 valence electrons. The first-order valence-corrected chi connectivity index (χ1v) is 14.1. The molecule has 0 radical (unpaired) electrons. The highest BCUT2D eigenvalue weighted by Crippen LogP contribution is 2.40. The Morgan fingerprint density at radius 3 is 2.30 bits per heavy atom. The first-order chi connectivity index (χ1) is 19.5. The maximum Gasteiger partial charge on any atom is 0.336 e. The molecule has 1 N–H and O–H groups in total. The normalized spacial score (nSPS) is 18.9. The highest BCUT2D eigenvalue weighted by Gasteiger charge is 2.49. The average molecular weight is 537 g/mol. The number of rotatable bonds is 8. The van der Waals surface area contributed by atoms with Crippen LogP contribution in [0.2, 0.25) is 0 Å². The van der Waals surface area contributed by atoms with E-state index in [4.69, 9.17) is 9.97 Å². The second-order valence-corrected chi connectivity index (χ2v) is 10.8. The number of fused-ring (bicyclic) bond motifs is 2. The second-order valence-electron chi connectivity index (χ2n) is 10.8. The lowest BCUT2D eigenvalue weighted by molar-refractivity contribution is -0.122. The van der Waals surface area contributed by atoms with Crippen molar-refractivity contribution in [3.8, 4) is 11.1 Å². The van der Waals surface area contributed by atoms with Crippen LogP contribution in [0.25, 0.3) is 22.3 Å². The van der Waals surface area contributed by atoms with Crippen molar-refractivity contribution in [1.82, 2.24) is 14.5 Å². The smallest absolute Gasteiger partial charge is 0.336 e. The molecule has 4 aromatic rings. The van der Waals surface area contributed by atoms with Crippen LogP contribution in [0.3, 0.4) is 0 Å². The molecule has 1 saturated heterocycles. The summed E-state index contributed by atoms with van der Waals surface area (Å²) in [6, 6.07) is 18.4. The van der Waals surface area contributed by atoms with Crippen LogP contribution in [0.15, 0.2) is 60.7 Å². The van der Waals surface area contributed by atoms with Gasteiger partial charge in [-0.3, -0.25) is 9.59 Å². The molecule has 40 heavy (non-hydrogen) atoms. The number of benzene rings is 2. The number of anilines is 1. The number of hydrogen-bond donors (Lipinski definition) is 1. The molecule has 2 aromatic heterocycles. The van der Waals surface area contributed by atoms with Gasteiger partial charge in [-0.05, 0) is 54.2 Å². The zero-order valence-electron chi connectivity index (χ0n) is 22.5. The van der Waals surface area contributed by atoms with E-state index in [0.717, 1.165) is 67.4 Å². The SMILES string of the molecule is CCCCc1nc2ccc(N3C(=O)[C@H]4CCCC[C@H]4C3=O)nc2n1Cc1ccc(-c2ccccc2C(=O)O)cc1. The predicted molar refractivity (Wildman–Crippen MR) is 152 cm³/mol. The Bertz CT molecular complexity index is 1580. The zero-order chi connectivity index (χ0) is 27.8. The van der Waals surface area contributed by atoms with Crippen molar-refractivity contribution >= 4 is 34.8 Å². The molecule has 2 amide bonds. The summed E-state index contributed by atoms with van der Waals surface area (Å²) in [7, 11) is 0. The van der Waals surface area contributed by atoms with Gasteiger partial charge in [0.15, 0.2) is 5.65 Å². The van der Waals surface area contributed by atoms with E-state index in [1.54, 1.807) is 18.2 Å². The Hall–Kier alpha value is -4.33. The van der Waals surface area contributed by atoms with Gasteiger partial charge in [-0.2, -0.15) is 0 Å². The molecule has 2 aliphatic rings. The molecule has 1 aliphatic carbocycles. The molecule has 8 nitrogen and oxygen atoms in total. The van der Waals surface area contributed by atoms with Gasteiger partial charge < -0.3 is 9.67 Å². The summed E-state index contributed by atoms with van der Waals surface area (Å²) in [5.41, 5.74) is 4.17. The fourth-order valence-electron chi connectivity index (χ4n) is 6.14. The van der Waals surface area contributed by atoms with Crippen LogP contribution in [-0.4, -0.2) is 37.4 Å². The third-order valence-corrected chi connectivity index (χ3v) is 8.24. The van der Waals surface area contributed by atoms with Crippen LogP contribution in [0.5, 0.6) is 0 Å². The molecule has 2 aromatic carbocycles. The van der Waals surface area contributed by atoms with E-state index in [-0.39, 0.29) is 29.2 Å². The average Bonchev–Trinajstić information content (AvgIpc) is 3.45. The topological polar surface area (TPSA) is 105 Å². The number of amides is 2. The molecule has 2 fully saturated rings. The Kier molecular flexibility index (Phi) is 6.92. The van der Waals surface area contributed by atoms with Crippen molar-refractivity contribution in [3.05, 3.63) is 77.6 Å². The molecule has 0 spiro atoms. The highest BCUT2D eigenvalue weighted by molar-refractivity contribution is 6.21. The van der Waals surface area contributed by atoms with Gasteiger partial charge in [-0.1, -0.05) is 68.7 Å². The summed E-state index contributed by atoms with van der Waals surface area (Å²) in [4.78, 5) is 49.2. The number of carbonyl (C=O) groups excluding carboxylic acids is 2. The highest BCUT2D eigenvalue weighted by atomic mass is 16.4. The molecule has 1 saturated carbocycles. The van der Waals surface area contributed by atoms with Crippen molar-refractivity contribution < 1.29 is 19.5 Å². The fraction of sp³-hybridized carbons (Fsp3) is 0.344. The van der Waals surface area contributed by atoms with Gasteiger partial charge in [0, 0.05) is 6.42 Å². The van der Waals surface area contributed by atoms with Crippen LogP contribution in [0.4, 0.5) is 5.82 Å². The molecule has 0 unspecified atom stereocenters. The van der Waals surface area contributed by atoms with Crippen molar-refractivity contribution in [1.29, 1.82) is 0 Å². The van der Waals surface area contributed by atoms with Crippen LogP contribution in [0.1, 0.15) is 67.2 Å². The first-order valence-electron chi connectivity index (χ1n) is 14.1. The van der Waals surface area contributed by atoms with Crippen LogP contribution in [0, 0.1) is 11.8 Å². The number of unbranched alkanes of at least 4 members (excludes halogenated alkanes) is 1. The maximum atomic E-state index is 13.2. The minimum absolute atomic E-state index is 0.129. The molecule has 1 aliphatic heterocycles. The minimum atomic E-state index is -0.957. The third-order valence-electron chi connectivity index (χ3n) is 8.24. The maximum absolute atomic E-state index is 13.2. The molecule has 0 bridgehead atoms. The summed E-state index contributed by atoms with van der Waals surface area (Å²) in [6.45, 7) is 2.65. The number of pyridine rings is 1. The summed E-state index contributed by atoms with van der Waals surface area (Å²) < 4.78 is 2.08. The summed E-state index contributed by atoms with van der Waals surface area (Å²) in [5.74, 6) is -0.384. The Balaban J connectivity index is 1.35. The molecule has 6 rings (SSSR count). The number of aryl methyl sites for hydroxylation is 1. The number of aromatic nitrogens is 3. The number of carbonyl (C=O) groups is 3. The van der Waals surface area contributed by atoms with Gasteiger partial charge in [0.25, 0.3) is 0 Å². The van der Waals surface area contributed by atoms with Crippen molar-refractivity contribution in [3.63, 3.8) is 0 Å². The quantitative estimate of drug-likeness (QED) is 0.283.